The Morgan fingerprint density at radius 1 is 1.57 bits per heavy atom. The maximum atomic E-state index is 11.4. The molecule has 1 aliphatic heterocycles. The number of carbonyl (C=O) groups is 1. The van der Waals surface area contributed by atoms with Gasteiger partial charge in [-0.15, -0.1) is 12.4 Å². The number of halogens is 1. The Kier molecular flexibility index (Phi) is 5.86. The van der Waals surface area contributed by atoms with Crippen molar-refractivity contribution in [2.24, 2.45) is 5.92 Å². The van der Waals surface area contributed by atoms with Gasteiger partial charge >= 0.3 is 0 Å². The molecule has 0 spiro atoms. The van der Waals surface area contributed by atoms with Crippen LogP contribution in [0.25, 0.3) is 0 Å². The summed E-state index contributed by atoms with van der Waals surface area (Å²) in [6, 6.07) is 0. The molecular formula is C9H19ClN2OS. The summed E-state index contributed by atoms with van der Waals surface area (Å²) >= 11 is 1.78. The number of rotatable bonds is 4. The molecule has 1 fully saturated rings. The summed E-state index contributed by atoms with van der Waals surface area (Å²) in [4.78, 5) is 11.4. The number of nitrogens with one attached hydrogen (secondary N) is 2. The lowest BCUT2D eigenvalue weighted by Gasteiger charge is -2.28. The van der Waals surface area contributed by atoms with E-state index in [2.05, 4.69) is 30.7 Å². The quantitative estimate of drug-likeness (QED) is 0.764. The minimum atomic E-state index is 0. The molecule has 3 nitrogen and oxygen atoms in total. The molecule has 1 aliphatic rings. The van der Waals surface area contributed by atoms with Gasteiger partial charge in [-0.2, -0.15) is 11.8 Å². The summed E-state index contributed by atoms with van der Waals surface area (Å²) in [5, 5.41) is 6.06. The van der Waals surface area contributed by atoms with E-state index < -0.39 is 0 Å². The van der Waals surface area contributed by atoms with Gasteiger partial charge in [-0.1, -0.05) is 0 Å². The smallest absolute Gasteiger partial charge is 0.225 e. The third-order valence-corrected chi connectivity index (χ3v) is 3.64. The summed E-state index contributed by atoms with van der Waals surface area (Å²) in [7, 11) is 0. The van der Waals surface area contributed by atoms with Crippen LogP contribution in [0.4, 0.5) is 0 Å². The summed E-state index contributed by atoms with van der Waals surface area (Å²) < 4.78 is 0.146. The number of hydrogen-bond acceptors (Lipinski definition) is 3. The van der Waals surface area contributed by atoms with Crippen molar-refractivity contribution in [3.63, 3.8) is 0 Å². The average molecular weight is 239 g/mol. The molecule has 0 bridgehead atoms. The van der Waals surface area contributed by atoms with Crippen LogP contribution in [-0.2, 0) is 4.79 Å². The van der Waals surface area contributed by atoms with Crippen molar-refractivity contribution in [1.82, 2.24) is 10.6 Å². The SMILES string of the molecule is CSC(C)(C)CNC(=O)C1CNC1.Cl. The van der Waals surface area contributed by atoms with E-state index in [1.165, 1.54) is 0 Å². The van der Waals surface area contributed by atoms with E-state index in [9.17, 15) is 4.79 Å². The van der Waals surface area contributed by atoms with Gasteiger partial charge in [-0.05, 0) is 20.1 Å². The van der Waals surface area contributed by atoms with Crippen molar-refractivity contribution in [3.05, 3.63) is 0 Å². The third-order valence-electron chi connectivity index (χ3n) is 2.39. The van der Waals surface area contributed by atoms with Gasteiger partial charge in [0.2, 0.25) is 5.91 Å². The fraction of sp³-hybridized carbons (Fsp3) is 0.889. The van der Waals surface area contributed by atoms with Crippen LogP contribution in [0.1, 0.15) is 13.8 Å². The van der Waals surface area contributed by atoms with Crippen LogP contribution in [0.15, 0.2) is 0 Å². The second kappa shape index (κ2) is 5.83. The van der Waals surface area contributed by atoms with E-state index in [-0.39, 0.29) is 29.0 Å². The standard InChI is InChI=1S/C9H18N2OS.ClH/c1-9(2,13-3)6-11-8(12)7-4-10-5-7;/h7,10H,4-6H2,1-3H3,(H,11,12);1H. The van der Waals surface area contributed by atoms with Crippen molar-refractivity contribution in [2.45, 2.75) is 18.6 Å². The summed E-state index contributed by atoms with van der Waals surface area (Å²) in [5.41, 5.74) is 0. The third kappa shape index (κ3) is 4.07. The fourth-order valence-electron chi connectivity index (χ4n) is 0.991. The molecule has 1 heterocycles. The molecule has 1 amide bonds. The maximum absolute atomic E-state index is 11.4. The molecule has 0 saturated carbocycles. The van der Waals surface area contributed by atoms with Gasteiger partial charge in [0, 0.05) is 24.4 Å². The molecule has 84 valence electrons. The Hall–Kier alpha value is 0.0700. The van der Waals surface area contributed by atoms with E-state index in [4.69, 9.17) is 0 Å². The topological polar surface area (TPSA) is 41.1 Å². The zero-order valence-corrected chi connectivity index (χ0v) is 10.6. The van der Waals surface area contributed by atoms with Gasteiger partial charge in [0.15, 0.2) is 0 Å². The molecular weight excluding hydrogens is 220 g/mol. The summed E-state index contributed by atoms with van der Waals surface area (Å²) in [6.07, 6.45) is 2.07. The molecule has 2 N–H and O–H groups in total. The van der Waals surface area contributed by atoms with E-state index in [1.807, 2.05) is 0 Å². The zero-order chi connectivity index (χ0) is 9.90. The van der Waals surface area contributed by atoms with E-state index in [1.54, 1.807) is 11.8 Å². The lowest BCUT2D eigenvalue weighted by Crippen LogP contribution is -2.52. The second-order valence-electron chi connectivity index (χ2n) is 4.04. The van der Waals surface area contributed by atoms with Crippen molar-refractivity contribution in [2.75, 3.05) is 25.9 Å². The van der Waals surface area contributed by atoms with Gasteiger partial charge in [0.25, 0.3) is 0 Å². The molecule has 5 heteroatoms. The lowest BCUT2D eigenvalue weighted by atomic mass is 10.0. The first-order valence-corrected chi connectivity index (χ1v) is 5.81. The highest BCUT2D eigenvalue weighted by Crippen LogP contribution is 2.19. The summed E-state index contributed by atoms with van der Waals surface area (Å²) in [6.45, 7) is 6.70. The number of hydrogen-bond donors (Lipinski definition) is 2. The van der Waals surface area contributed by atoms with Gasteiger partial charge in [0.05, 0.1) is 5.92 Å². The summed E-state index contributed by atoms with van der Waals surface area (Å²) in [5.74, 6) is 0.401. The molecule has 0 aliphatic carbocycles. The van der Waals surface area contributed by atoms with Crippen LogP contribution in [0.3, 0.4) is 0 Å². The minimum absolute atomic E-state index is 0. The van der Waals surface area contributed by atoms with Crippen LogP contribution in [0.5, 0.6) is 0 Å². The molecule has 0 aromatic carbocycles. The molecule has 1 saturated heterocycles. The van der Waals surface area contributed by atoms with Crippen molar-refractivity contribution >= 4 is 30.1 Å². The Labute approximate surface area is 96.2 Å². The molecule has 1 rings (SSSR count). The van der Waals surface area contributed by atoms with Gasteiger partial charge in [-0.3, -0.25) is 4.79 Å². The monoisotopic (exact) mass is 238 g/mol. The minimum Gasteiger partial charge on any atom is -0.354 e. The first-order valence-electron chi connectivity index (χ1n) is 4.59. The predicted octanol–water partition coefficient (Wildman–Crippen LogP) is 0.885. The molecule has 0 radical (unpaired) electrons. The van der Waals surface area contributed by atoms with Crippen molar-refractivity contribution < 1.29 is 4.79 Å². The second-order valence-corrected chi connectivity index (χ2v) is 5.55. The highest BCUT2D eigenvalue weighted by Gasteiger charge is 2.26. The van der Waals surface area contributed by atoms with E-state index in [0.717, 1.165) is 19.6 Å². The van der Waals surface area contributed by atoms with Crippen LogP contribution < -0.4 is 10.6 Å². The highest BCUT2D eigenvalue weighted by atomic mass is 35.5. The Morgan fingerprint density at radius 2 is 2.14 bits per heavy atom. The molecule has 0 aromatic rings. The van der Waals surface area contributed by atoms with Crippen LogP contribution >= 0.6 is 24.2 Å². The van der Waals surface area contributed by atoms with Crippen molar-refractivity contribution in [3.8, 4) is 0 Å². The number of thioether (sulfide) groups is 1. The van der Waals surface area contributed by atoms with Crippen molar-refractivity contribution in [1.29, 1.82) is 0 Å². The predicted molar refractivity (Wildman–Crippen MR) is 64.2 cm³/mol. The molecule has 0 unspecified atom stereocenters. The Balaban J connectivity index is 0.00000169. The lowest BCUT2D eigenvalue weighted by molar-refractivity contribution is -0.126. The van der Waals surface area contributed by atoms with E-state index in [0.29, 0.717) is 0 Å². The molecule has 14 heavy (non-hydrogen) atoms. The van der Waals surface area contributed by atoms with Crippen LogP contribution in [0.2, 0.25) is 0 Å². The van der Waals surface area contributed by atoms with E-state index >= 15 is 0 Å². The number of carbonyl (C=O) groups excluding carboxylic acids is 1. The zero-order valence-electron chi connectivity index (χ0n) is 8.92. The van der Waals surface area contributed by atoms with Gasteiger partial charge in [-0.25, -0.2) is 0 Å². The molecule has 0 aromatic heterocycles. The molecule has 0 atom stereocenters. The maximum Gasteiger partial charge on any atom is 0.225 e. The Bertz CT molecular complexity index is 195. The average Bonchev–Trinajstić information content (AvgIpc) is 1.98. The van der Waals surface area contributed by atoms with Gasteiger partial charge < -0.3 is 10.6 Å². The van der Waals surface area contributed by atoms with Gasteiger partial charge in [0.1, 0.15) is 0 Å². The fourth-order valence-corrected chi connectivity index (χ4v) is 1.21. The van der Waals surface area contributed by atoms with Crippen LogP contribution in [-0.4, -0.2) is 36.5 Å². The Morgan fingerprint density at radius 3 is 2.50 bits per heavy atom. The first kappa shape index (κ1) is 14.1. The van der Waals surface area contributed by atoms with Crippen LogP contribution in [0, 0.1) is 5.92 Å². The number of amides is 1. The first-order chi connectivity index (χ1) is 6.05. The highest BCUT2D eigenvalue weighted by molar-refractivity contribution is 7.99. The largest absolute Gasteiger partial charge is 0.354 e. The normalized spacial score (nSPS) is 16.8.